The van der Waals surface area contributed by atoms with Crippen molar-refractivity contribution < 1.29 is 0 Å². The third kappa shape index (κ3) is 1.78. The van der Waals surface area contributed by atoms with E-state index in [2.05, 4.69) is 33.3 Å². The van der Waals surface area contributed by atoms with Gasteiger partial charge in [-0.3, -0.25) is 4.99 Å². The minimum absolute atomic E-state index is 0.267. The summed E-state index contributed by atoms with van der Waals surface area (Å²) < 4.78 is 2.31. The molecule has 5 nitrogen and oxygen atoms in total. The van der Waals surface area contributed by atoms with E-state index >= 15 is 0 Å². The minimum atomic E-state index is 0.267. The Balaban J connectivity index is 1.89. The van der Waals surface area contributed by atoms with Gasteiger partial charge in [0.25, 0.3) is 0 Å². The van der Waals surface area contributed by atoms with E-state index < -0.39 is 0 Å². The molecule has 1 saturated carbocycles. The van der Waals surface area contributed by atoms with Crippen molar-refractivity contribution >= 4 is 5.96 Å². The van der Waals surface area contributed by atoms with Gasteiger partial charge < -0.3 is 15.2 Å². The van der Waals surface area contributed by atoms with Gasteiger partial charge >= 0.3 is 0 Å². The van der Waals surface area contributed by atoms with Crippen molar-refractivity contribution in [2.45, 2.75) is 51.2 Å². The number of rotatable bonds is 4. The maximum atomic E-state index is 6.04. The van der Waals surface area contributed by atoms with Gasteiger partial charge in [0.05, 0.1) is 30.8 Å². The van der Waals surface area contributed by atoms with Crippen LogP contribution in [0.1, 0.15) is 50.9 Å². The number of hydrogen-bond donors (Lipinski definition) is 1. The highest BCUT2D eigenvalue weighted by Gasteiger charge is 2.35. The Hall–Kier alpha value is -1.52. The second-order valence-corrected chi connectivity index (χ2v) is 5.34. The molecule has 98 valence electrons. The first-order chi connectivity index (χ1) is 8.72. The Morgan fingerprint density at radius 1 is 1.50 bits per heavy atom. The highest BCUT2D eigenvalue weighted by Crippen LogP contribution is 2.39. The second kappa shape index (κ2) is 4.30. The molecule has 2 atom stereocenters. The molecule has 2 unspecified atom stereocenters. The first-order valence-electron chi connectivity index (χ1n) is 6.82. The molecule has 0 aromatic carbocycles. The average molecular weight is 247 g/mol. The van der Waals surface area contributed by atoms with E-state index in [-0.39, 0.29) is 6.04 Å². The van der Waals surface area contributed by atoms with Gasteiger partial charge in [-0.15, -0.1) is 0 Å². The summed E-state index contributed by atoms with van der Waals surface area (Å²) in [6.45, 7) is 5.15. The zero-order valence-electron chi connectivity index (χ0n) is 11.1. The molecule has 3 rings (SSSR count). The van der Waals surface area contributed by atoms with Crippen molar-refractivity contribution in [3.63, 3.8) is 0 Å². The van der Waals surface area contributed by atoms with E-state index in [0.29, 0.717) is 18.0 Å². The van der Waals surface area contributed by atoms with Crippen LogP contribution in [0.4, 0.5) is 0 Å². The van der Waals surface area contributed by atoms with Gasteiger partial charge in [0.1, 0.15) is 0 Å². The molecule has 0 saturated heterocycles. The fourth-order valence-electron chi connectivity index (χ4n) is 2.71. The topological polar surface area (TPSA) is 59.4 Å². The van der Waals surface area contributed by atoms with E-state index in [9.17, 15) is 0 Å². The van der Waals surface area contributed by atoms with Crippen molar-refractivity contribution in [1.82, 2.24) is 14.5 Å². The van der Waals surface area contributed by atoms with Crippen molar-refractivity contribution in [2.75, 3.05) is 6.54 Å². The van der Waals surface area contributed by atoms with Crippen LogP contribution in [0, 0.1) is 0 Å². The number of nitrogens with two attached hydrogens (primary N) is 1. The van der Waals surface area contributed by atoms with E-state index in [1.165, 1.54) is 18.5 Å². The lowest BCUT2D eigenvalue weighted by Crippen LogP contribution is -2.42. The standard InChI is InChI=1S/C13H21N5/c1-3-9(2)18-12(7-16-13(18)14)11-6-15-8-17(11)10-4-5-10/h6,8-10,12H,3-5,7H2,1-2H3,(H2,14,16). The van der Waals surface area contributed by atoms with Crippen molar-refractivity contribution in [1.29, 1.82) is 0 Å². The van der Waals surface area contributed by atoms with Gasteiger partial charge in [-0.1, -0.05) is 6.92 Å². The summed E-state index contributed by atoms with van der Waals surface area (Å²) >= 11 is 0. The van der Waals surface area contributed by atoms with Crippen LogP contribution in [-0.4, -0.2) is 33.0 Å². The van der Waals surface area contributed by atoms with Gasteiger partial charge in [-0.2, -0.15) is 0 Å². The molecule has 1 aliphatic heterocycles. The number of aromatic nitrogens is 2. The third-order valence-electron chi connectivity index (χ3n) is 4.07. The molecular weight excluding hydrogens is 226 g/mol. The first kappa shape index (κ1) is 11.6. The normalized spacial score (nSPS) is 25.3. The lowest BCUT2D eigenvalue weighted by atomic mass is 10.1. The van der Waals surface area contributed by atoms with Crippen molar-refractivity contribution in [2.24, 2.45) is 10.7 Å². The number of hydrogen-bond acceptors (Lipinski definition) is 4. The zero-order chi connectivity index (χ0) is 12.7. The molecule has 1 fully saturated rings. The largest absolute Gasteiger partial charge is 0.370 e. The predicted molar refractivity (Wildman–Crippen MR) is 71.3 cm³/mol. The predicted octanol–water partition coefficient (Wildman–Crippen LogP) is 1.69. The van der Waals surface area contributed by atoms with E-state index in [1.54, 1.807) is 0 Å². The first-order valence-corrected chi connectivity index (χ1v) is 6.82. The van der Waals surface area contributed by atoms with Crippen LogP contribution >= 0.6 is 0 Å². The quantitative estimate of drug-likeness (QED) is 0.880. The molecule has 0 radical (unpaired) electrons. The molecule has 0 spiro atoms. The van der Waals surface area contributed by atoms with E-state index in [1.807, 2.05) is 12.5 Å². The molecule has 1 aromatic rings. The maximum absolute atomic E-state index is 6.04. The molecule has 2 heterocycles. The van der Waals surface area contributed by atoms with Gasteiger partial charge in [-0.25, -0.2) is 4.98 Å². The summed E-state index contributed by atoms with van der Waals surface area (Å²) in [6, 6.07) is 1.34. The Bertz CT molecular complexity index is 460. The van der Waals surface area contributed by atoms with Gasteiger partial charge in [0.2, 0.25) is 0 Å². The molecule has 18 heavy (non-hydrogen) atoms. The summed E-state index contributed by atoms with van der Waals surface area (Å²) in [5.41, 5.74) is 7.31. The Morgan fingerprint density at radius 2 is 2.28 bits per heavy atom. The summed E-state index contributed by atoms with van der Waals surface area (Å²) in [5.74, 6) is 0.679. The minimum Gasteiger partial charge on any atom is -0.370 e. The molecular formula is C13H21N5. The third-order valence-corrected chi connectivity index (χ3v) is 4.07. The van der Waals surface area contributed by atoms with Crippen molar-refractivity contribution in [3.05, 3.63) is 18.2 Å². The number of guanidine groups is 1. The summed E-state index contributed by atoms with van der Waals surface area (Å²) in [6.07, 6.45) is 7.55. The van der Waals surface area contributed by atoms with E-state index in [4.69, 9.17) is 5.73 Å². The summed E-state index contributed by atoms with van der Waals surface area (Å²) in [5, 5.41) is 0. The summed E-state index contributed by atoms with van der Waals surface area (Å²) in [7, 11) is 0. The smallest absolute Gasteiger partial charge is 0.192 e. The van der Waals surface area contributed by atoms with Gasteiger partial charge in [0, 0.05) is 12.1 Å². The average Bonchev–Trinajstić information content (AvgIpc) is 2.98. The van der Waals surface area contributed by atoms with Crippen LogP contribution in [0.2, 0.25) is 0 Å². The molecule has 1 aliphatic carbocycles. The van der Waals surface area contributed by atoms with Crippen LogP contribution in [0.3, 0.4) is 0 Å². The van der Waals surface area contributed by atoms with Crippen LogP contribution < -0.4 is 5.73 Å². The number of aliphatic imine (C=N–C) groups is 1. The highest BCUT2D eigenvalue weighted by molar-refractivity contribution is 5.80. The molecule has 2 aliphatic rings. The number of imidazole rings is 1. The fraction of sp³-hybridized carbons (Fsp3) is 0.692. The molecule has 5 heteroatoms. The maximum Gasteiger partial charge on any atom is 0.192 e. The van der Waals surface area contributed by atoms with Crippen LogP contribution in [-0.2, 0) is 0 Å². The SMILES string of the molecule is CCC(C)N1C(N)=NCC1c1cncn1C1CC1. The van der Waals surface area contributed by atoms with Gasteiger partial charge in [-0.05, 0) is 26.2 Å². The Morgan fingerprint density at radius 3 is 2.94 bits per heavy atom. The molecule has 0 bridgehead atoms. The monoisotopic (exact) mass is 247 g/mol. The Labute approximate surface area is 108 Å². The van der Waals surface area contributed by atoms with Crippen LogP contribution in [0.15, 0.2) is 17.5 Å². The lowest BCUT2D eigenvalue weighted by Gasteiger charge is -2.32. The lowest BCUT2D eigenvalue weighted by molar-refractivity contribution is 0.259. The van der Waals surface area contributed by atoms with Gasteiger partial charge in [0.15, 0.2) is 5.96 Å². The van der Waals surface area contributed by atoms with Crippen molar-refractivity contribution in [3.8, 4) is 0 Å². The fourth-order valence-corrected chi connectivity index (χ4v) is 2.71. The second-order valence-electron chi connectivity index (χ2n) is 5.34. The molecule has 2 N–H and O–H groups in total. The summed E-state index contributed by atoms with van der Waals surface area (Å²) in [4.78, 5) is 11.0. The molecule has 1 aromatic heterocycles. The van der Waals surface area contributed by atoms with Crippen LogP contribution in [0.5, 0.6) is 0 Å². The number of nitrogens with zero attached hydrogens (tertiary/aromatic N) is 4. The highest BCUT2D eigenvalue weighted by atomic mass is 15.4. The van der Waals surface area contributed by atoms with Crippen LogP contribution in [0.25, 0.3) is 0 Å². The molecule has 0 amide bonds. The van der Waals surface area contributed by atoms with E-state index in [0.717, 1.165) is 13.0 Å². The zero-order valence-corrected chi connectivity index (χ0v) is 11.1. The Kier molecular flexibility index (Phi) is 2.76.